The molecule has 0 atom stereocenters. The van der Waals surface area contributed by atoms with Gasteiger partial charge in [-0.1, -0.05) is 50.8 Å². The first-order valence-electron chi connectivity index (χ1n) is 7.33. The summed E-state index contributed by atoms with van der Waals surface area (Å²) in [6.07, 6.45) is 6.92. The largest absolute Gasteiger partial charge is 0.310 e. The van der Waals surface area contributed by atoms with Gasteiger partial charge in [0.15, 0.2) is 0 Å². The van der Waals surface area contributed by atoms with Crippen molar-refractivity contribution < 1.29 is 0 Å². The third-order valence-corrected chi connectivity index (χ3v) is 5.26. The van der Waals surface area contributed by atoms with Crippen molar-refractivity contribution >= 4 is 23.4 Å². The first-order valence-corrected chi connectivity index (χ1v) is 8.59. The van der Waals surface area contributed by atoms with Crippen LogP contribution >= 0.6 is 23.4 Å². The molecule has 1 N–H and O–H groups in total. The highest BCUT2D eigenvalue weighted by Gasteiger charge is 2.15. The van der Waals surface area contributed by atoms with Crippen LogP contribution in [-0.2, 0) is 6.54 Å². The van der Waals surface area contributed by atoms with Crippen molar-refractivity contribution in [3.05, 3.63) is 28.8 Å². The summed E-state index contributed by atoms with van der Waals surface area (Å²) in [6.45, 7) is 5.16. The number of hydrogen-bond donors (Lipinski definition) is 1. The van der Waals surface area contributed by atoms with Crippen LogP contribution in [0.4, 0.5) is 0 Å². The molecule has 0 spiro atoms. The van der Waals surface area contributed by atoms with E-state index in [0.717, 1.165) is 16.8 Å². The van der Waals surface area contributed by atoms with Gasteiger partial charge in [-0.15, -0.1) is 11.8 Å². The first-order chi connectivity index (χ1) is 9.15. The van der Waals surface area contributed by atoms with Crippen LogP contribution in [0.5, 0.6) is 0 Å². The van der Waals surface area contributed by atoms with E-state index in [1.54, 1.807) is 0 Å². The Labute approximate surface area is 126 Å². The normalized spacial score (nSPS) is 17.1. The average molecular weight is 298 g/mol. The molecule has 0 saturated heterocycles. The Morgan fingerprint density at radius 1 is 1.26 bits per heavy atom. The minimum Gasteiger partial charge on any atom is -0.310 e. The fourth-order valence-electron chi connectivity index (χ4n) is 2.43. The molecule has 1 nitrogen and oxygen atoms in total. The number of halogens is 1. The van der Waals surface area contributed by atoms with Gasteiger partial charge in [0.25, 0.3) is 0 Å². The van der Waals surface area contributed by atoms with Gasteiger partial charge in [-0.05, 0) is 30.5 Å². The van der Waals surface area contributed by atoms with Gasteiger partial charge < -0.3 is 5.32 Å². The highest BCUT2D eigenvalue weighted by molar-refractivity contribution is 8.00. The number of benzene rings is 1. The topological polar surface area (TPSA) is 12.0 Å². The average Bonchev–Trinajstić information content (AvgIpc) is 2.39. The molecular formula is C16H24ClNS. The zero-order valence-corrected chi connectivity index (χ0v) is 13.5. The second-order valence-corrected chi connectivity index (χ2v) is 7.45. The molecule has 0 aromatic heterocycles. The van der Waals surface area contributed by atoms with Gasteiger partial charge in [-0.2, -0.15) is 0 Å². The van der Waals surface area contributed by atoms with Gasteiger partial charge in [-0.25, -0.2) is 0 Å². The molecule has 1 aromatic carbocycles. The van der Waals surface area contributed by atoms with Gasteiger partial charge in [0.05, 0.1) is 0 Å². The van der Waals surface area contributed by atoms with Crippen molar-refractivity contribution in [1.82, 2.24) is 5.32 Å². The third-order valence-electron chi connectivity index (χ3n) is 3.58. The zero-order chi connectivity index (χ0) is 13.7. The third kappa shape index (κ3) is 5.02. The van der Waals surface area contributed by atoms with Crippen molar-refractivity contribution in [2.24, 2.45) is 0 Å². The van der Waals surface area contributed by atoms with E-state index in [0.29, 0.717) is 6.04 Å². The lowest BCUT2D eigenvalue weighted by Crippen LogP contribution is -2.21. The SMILES string of the molecule is CC(C)NCc1ccc(SC2CCCCC2)cc1Cl. The second-order valence-electron chi connectivity index (χ2n) is 5.67. The Morgan fingerprint density at radius 2 is 2.00 bits per heavy atom. The molecular weight excluding hydrogens is 274 g/mol. The van der Waals surface area contributed by atoms with Gasteiger partial charge in [0.2, 0.25) is 0 Å². The van der Waals surface area contributed by atoms with Gasteiger partial charge in [-0.3, -0.25) is 0 Å². The van der Waals surface area contributed by atoms with E-state index in [1.807, 2.05) is 11.8 Å². The summed E-state index contributed by atoms with van der Waals surface area (Å²) in [5.41, 5.74) is 1.20. The second kappa shape index (κ2) is 7.56. The highest BCUT2D eigenvalue weighted by Crippen LogP contribution is 2.35. The van der Waals surface area contributed by atoms with E-state index in [2.05, 4.69) is 37.4 Å². The Balaban J connectivity index is 1.93. The van der Waals surface area contributed by atoms with Gasteiger partial charge in [0.1, 0.15) is 0 Å². The number of thioether (sulfide) groups is 1. The van der Waals surface area contributed by atoms with E-state index in [1.165, 1.54) is 42.6 Å². The molecule has 1 aliphatic carbocycles. The van der Waals surface area contributed by atoms with Crippen molar-refractivity contribution in [2.75, 3.05) is 0 Å². The van der Waals surface area contributed by atoms with Gasteiger partial charge >= 0.3 is 0 Å². The van der Waals surface area contributed by atoms with Crippen molar-refractivity contribution in [1.29, 1.82) is 0 Å². The summed E-state index contributed by atoms with van der Waals surface area (Å²) in [4.78, 5) is 1.32. The van der Waals surface area contributed by atoms with Crippen LogP contribution in [0.1, 0.15) is 51.5 Å². The molecule has 0 bridgehead atoms. The predicted octanol–water partition coefficient (Wildman–Crippen LogP) is 5.26. The van der Waals surface area contributed by atoms with Crippen LogP contribution in [0.15, 0.2) is 23.1 Å². The summed E-state index contributed by atoms with van der Waals surface area (Å²) in [5, 5.41) is 5.11. The Hall–Kier alpha value is -0.180. The van der Waals surface area contributed by atoms with E-state index in [9.17, 15) is 0 Å². The van der Waals surface area contributed by atoms with E-state index in [-0.39, 0.29) is 0 Å². The van der Waals surface area contributed by atoms with Gasteiger partial charge in [0, 0.05) is 27.8 Å². The summed E-state index contributed by atoms with van der Waals surface area (Å²) < 4.78 is 0. The summed E-state index contributed by atoms with van der Waals surface area (Å²) in [5.74, 6) is 0. The number of rotatable bonds is 5. The quantitative estimate of drug-likeness (QED) is 0.795. The minimum atomic E-state index is 0.493. The summed E-state index contributed by atoms with van der Waals surface area (Å²) >= 11 is 8.38. The molecule has 0 unspecified atom stereocenters. The lowest BCUT2D eigenvalue weighted by molar-refractivity contribution is 0.516. The monoisotopic (exact) mass is 297 g/mol. The van der Waals surface area contributed by atoms with Crippen LogP contribution in [0.3, 0.4) is 0 Å². The fraction of sp³-hybridized carbons (Fsp3) is 0.625. The Bertz CT molecular complexity index is 400. The number of nitrogens with one attached hydrogen (secondary N) is 1. The van der Waals surface area contributed by atoms with Crippen molar-refractivity contribution in [3.8, 4) is 0 Å². The highest BCUT2D eigenvalue weighted by atomic mass is 35.5. The first kappa shape index (κ1) is 15.2. The molecule has 106 valence electrons. The summed E-state index contributed by atoms with van der Waals surface area (Å²) in [7, 11) is 0. The smallest absolute Gasteiger partial charge is 0.0462 e. The van der Waals surface area contributed by atoms with Crippen LogP contribution in [0.2, 0.25) is 5.02 Å². The molecule has 0 heterocycles. The lowest BCUT2D eigenvalue weighted by Gasteiger charge is -2.21. The van der Waals surface area contributed by atoms with Crippen molar-refractivity contribution in [2.45, 2.75) is 68.7 Å². The molecule has 1 aliphatic rings. The molecule has 0 aliphatic heterocycles. The van der Waals surface area contributed by atoms with Crippen molar-refractivity contribution in [3.63, 3.8) is 0 Å². The van der Waals surface area contributed by atoms with Crippen LogP contribution < -0.4 is 5.32 Å². The zero-order valence-electron chi connectivity index (χ0n) is 11.9. The van der Waals surface area contributed by atoms with E-state index < -0.39 is 0 Å². The minimum absolute atomic E-state index is 0.493. The van der Waals surface area contributed by atoms with E-state index in [4.69, 9.17) is 11.6 Å². The molecule has 1 fully saturated rings. The fourth-order valence-corrected chi connectivity index (χ4v) is 4.03. The molecule has 3 heteroatoms. The summed E-state index contributed by atoms with van der Waals surface area (Å²) in [6, 6.07) is 7.02. The Kier molecular flexibility index (Phi) is 6.06. The molecule has 2 rings (SSSR count). The van der Waals surface area contributed by atoms with E-state index >= 15 is 0 Å². The molecule has 1 saturated carbocycles. The predicted molar refractivity (Wildman–Crippen MR) is 86.2 cm³/mol. The lowest BCUT2D eigenvalue weighted by atomic mass is 10.0. The van der Waals surface area contributed by atoms with Crippen LogP contribution in [0, 0.1) is 0 Å². The molecule has 1 aromatic rings. The maximum Gasteiger partial charge on any atom is 0.0462 e. The van der Waals surface area contributed by atoms with Crippen LogP contribution in [-0.4, -0.2) is 11.3 Å². The standard InChI is InChI=1S/C16H24ClNS/c1-12(2)18-11-13-8-9-15(10-16(13)17)19-14-6-4-3-5-7-14/h8-10,12,14,18H,3-7,11H2,1-2H3. The maximum atomic E-state index is 6.38. The molecule has 0 amide bonds. The molecule has 19 heavy (non-hydrogen) atoms. The van der Waals surface area contributed by atoms with Crippen LogP contribution in [0.25, 0.3) is 0 Å². The molecule has 0 radical (unpaired) electrons. The Morgan fingerprint density at radius 3 is 2.63 bits per heavy atom. The number of hydrogen-bond acceptors (Lipinski definition) is 2. The maximum absolute atomic E-state index is 6.38.